The van der Waals surface area contributed by atoms with Crippen molar-refractivity contribution < 1.29 is 8.78 Å². The molecule has 130 valence electrons. The molecule has 24 heavy (non-hydrogen) atoms. The highest BCUT2D eigenvalue weighted by molar-refractivity contribution is 5.22. The van der Waals surface area contributed by atoms with Crippen LogP contribution < -0.4 is 0 Å². The highest BCUT2D eigenvalue weighted by Gasteiger charge is 2.46. The van der Waals surface area contributed by atoms with Crippen molar-refractivity contribution in [2.45, 2.75) is 52.9 Å². The van der Waals surface area contributed by atoms with E-state index in [9.17, 15) is 8.78 Å². The molecule has 0 spiro atoms. The van der Waals surface area contributed by atoms with Crippen molar-refractivity contribution in [3.05, 3.63) is 59.7 Å². The van der Waals surface area contributed by atoms with Crippen molar-refractivity contribution in [2.75, 3.05) is 0 Å². The fraction of sp³-hybridized carbons (Fsp3) is 0.500. The molecule has 0 saturated carbocycles. The van der Waals surface area contributed by atoms with Gasteiger partial charge in [-0.05, 0) is 42.2 Å². The predicted octanol–water partition coefficient (Wildman–Crippen LogP) is 5.60. The lowest BCUT2D eigenvalue weighted by Crippen LogP contribution is -2.32. The maximum Gasteiger partial charge on any atom is 0.294 e. The van der Waals surface area contributed by atoms with Gasteiger partial charge in [0.05, 0.1) is 0 Å². The van der Waals surface area contributed by atoms with Crippen LogP contribution in [0.2, 0.25) is 0 Å². The molecule has 0 saturated heterocycles. The van der Waals surface area contributed by atoms with Gasteiger partial charge in [0.15, 0.2) is 0 Å². The number of hydrogen-bond acceptors (Lipinski definition) is 2. The number of aromatic nitrogens is 2. The molecule has 2 nitrogen and oxygen atoms in total. The van der Waals surface area contributed by atoms with Crippen LogP contribution in [-0.2, 0) is 12.3 Å². The summed E-state index contributed by atoms with van der Waals surface area (Å²) in [5.74, 6) is -2.41. The van der Waals surface area contributed by atoms with E-state index in [4.69, 9.17) is 0 Å². The predicted molar refractivity (Wildman–Crippen MR) is 93.1 cm³/mol. The van der Waals surface area contributed by atoms with Gasteiger partial charge in [-0.3, -0.25) is 9.97 Å². The number of rotatable bonds is 5. The summed E-state index contributed by atoms with van der Waals surface area (Å²) in [5, 5.41) is 0. The maximum absolute atomic E-state index is 14.5. The van der Waals surface area contributed by atoms with Crippen molar-refractivity contribution in [3.63, 3.8) is 0 Å². The number of halogens is 2. The minimum atomic E-state index is -2.96. The lowest BCUT2D eigenvalue weighted by molar-refractivity contribution is -0.108. The topological polar surface area (TPSA) is 25.8 Å². The smallest absolute Gasteiger partial charge is 0.261 e. The van der Waals surface area contributed by atoms with E-state index >= 15 is 0 Å². The van der Waals surface area contributed by atoms with Crippen molar-refractivity contribution >= 4 is 0 Å². The summed E-state index contributed by atoms with van der Waals surface area (Å²) in [6, 6.07) is 9.24. The van der Waals surface area contributed by atoms with Crippen LogP contribution in [-0.4, -0.2) is 9.97 Å². The van der Waals surface area contributed by atoms with Crippen molar-refractivity contribution in [2.24, 2.45) is 11.3 Å². The fourth-order valence-electron chi connectivity index (χ4n) is 2.64. The Labute approximate surface area is 143 Å². The van der Waals surface area contributed by atoms with Gasteiger partial charge in [0.2, 0.25) is 0 Å². The van der Waals surface area contributed by atoms with Gasteiger partial charge in [-0.25, -0.2) is 0 Å². The average Bonchev–Trinajstić information content (AvgIpc) is 2.54. The fourth-order valence-corrected chi connectivity index (χ4v) is 2.64. The van der Waals surface area contributed by atoms with Crippen LogP contribution in [0.1, 0.15) is 57.5 Å². The second-order valence-electron chi connectivity index (χ2n) is 7.60. The van der Waals surface area contributed by atoms with E-state index in [1.165, 1.54) is 27.0 Å². The molecule has 1 unspecified atom stereocenters. The first-order valence-corrected chi connectivity index (χ1v) is 8.37. The molecule has 2 rings (SSSR count). The molecule has 0 aliphatic carbocycles. The molecule has 0 radical (unpaired) electrons. The highest BCUT2D eigenvalue weighted by Crippen LogP contribution is 2.43. The van der Waals surface area contributed by atoms with Crippen molar-refractivity contribution in [1.29, 1.82) is 0 Å². The number of hydrogen-bond donors (Lipinski definition) is 0. The first-order valence-electron chi connectivity index (χ1n) is 8.37. The Morgan fingerprint density at radius 2 is 1.71 bits per heavy atom. The SMILES string of the molecule is CC(Cc1ccnc(C(F)(F)C(C)(C)C)c1)[C@@H](C)c1ccccn1. The van der Waals surface area contributed by atoms with Gasteiger partial charge in [-0.15, -0.1) is 0 Å². The van der Waals surface area contributed by atoms with Crippen LogP contribution in [0.25, 0.3) is 0 Å². The molecule has 2 aromatic heterocycles. The Bertz CT molecular complexity index is 663. The minimum Gasteiger partial charge on any atom is -0.261 e. The molecule has 0 N–H and O–H groups in total. The maximum atomic E-state index is 14.5. The van der Waals surface area contributed by atoms with Crippen LogP contribution in [0, 0.1) is 11.3 Å². The summed E-state index contributed by atoms with van der Waals surface area (Å²) < 4.78 is 29.1. The van der Waals surface area contributed by atoms with Crippen LogP contribution in [0.5, 0.6) is 0 Å². The zero-order chi connectivity index (χ0) is 18.0. The second kappa shape index (κ2) is 6.96. The zero-order valence-corrected chi connectivity index (χ0v) is 15.1. The number of pyridine rings is 2. The third-order valence-corrected chi connectivity index (χ3v) is 4.65. The molecule has 0 aliphatic heterocycles. The molecule has 4 heteroatoms. The standard InChI is InChI=1S/C20H26F2N2/c1-14(15(2)17-8-6-7-10-23-17)12-16-9-11-24-18(13-16)20(21,22)19(3,4)5/h6-11,13-15H,12H2,1-5H3/t14?,15-/m1/s1. The van der Waals surface area contributed by atoms with E-state index < -0.39 is 11.3 Å². The van der Waals surface area contributed by atoms with Gasteiger partial charge < -0.3 is 0 Å². The first-order chi connectivity index (χ1) is 11.1. The van der Waals surface area contributed by atoms with Crippen LogP contribution in [0.15, 0.2) is 42.7 Å². The first kappa shape index (κ1) is 18.5. The summed E-state index contributed by atoms with van der Waals surface area (Å²) in [5.41, 5.74) is 0.606. The lowest BCUT2D eigenvalue weighted by atomic mass is 9.84. The Morgan fingerprint density at radius 3 is 2.29 bits per heavy atom. The van der Waals surface area contributed by atoms with Gasteiger partial charge in [0, 0.05) is 29.4 Å². The molecule has 0 aromatic carbocycles. The quantitative estimate of drug-likeness (QED) is 0.712. The average molecular weight is 332 g/mol. The van der Waals surface area contributed by atoms with Crippen molar-refractivity contribution in [1.82, 2.24) is 9.97 Å². The van der Waals surface area contributed by atoms with E-state index in [-0.39, 0.29) is 11.6 Å². The van der Waals surface area contributed by atoms with E-state index in [0.717, 1.165) is 11.3 Å². The van der Waals surface area contributed by atoms with Crippen LogP contribution in [0.3, 0.4) is 0 Å². The van der Waals surface area contributed by atoms with E-state index in [1.807, 2.05) is 24.3 Å². The Balaban J connectivity index is 2.18. The molecule has 2 heterocycles. The minimum absolute atomic E-state index is 0.148. The van der Waals surface area contributed by atoms with Crippen molar-refractivity contribution in [3.8, 4) is 0 Å². The molecule has 0 aliphatic rings. The Hall–Kier alpha value is -1.84. The summed E-state index contributed by atoms with van der Waals surface area (Å²) in [4.78, 5) is 8.32. The summed E-state index contributed by atoms with van der Waals surface area (Å²) in [7, 11) is 0. The molecule has 2 atom stereocenters. The van der Waals surface area contributed by atoms with Crippen LogP contribution >= 0.6 is 0 Å². The van der Waals surface area contributed by atoms with Gasteiger partial charge in [0.1, 0.15) is 5.69 Å². The van der Waals surface area contributed by atoms with Gasteiger partial charge in [-0.1, -0.05) is 40.7 Å². The largest absolute Gasteiger partial charge is 0.294 e. The monoisotopic (exact) mass is 332 g/mol. The molecule has 0 amide bonds. The lowest BCUT2D eigenvalue weighted by Gasteiger charge is -2.30. The summed E-state index contributed by atoms with van der Waals surface area (Å²) in [6.45, 7) is 8.85. The molecular formula is C20H26F2N2. The second-order valence-corrected chi connectivity index (χ2v) is 7.60. The highest BCUT2D eigenvalue weighted by atomic mass is 19.3. The zero-order valence-electron chi connectivity index (χ0n) is 15.1. The summed E-state index contributed by atoms with van der Waals surface area (Å²) >= 11 is 0. The third kappa shape index (κ3) is 3.97. The third-order valence-electron chi connectivity index (χ3n) is 4.65. The molecule has 0 bridgehead atoms. The number of nitrogens with zero attached hydrogens (tertiary/aromatic N) is 2. The Morgan fingerprint density at radius 1 is 1.00 bits per heavy atom. The van der Waals surface area contributed by atoms with Gasteiger partial charge in [-0.2, -0.15) is 8.78 Å². The van der Waals surface area contributed by atoms with Crippen LogP contribution in [0.4, 0.5) is 8.78 Å². The number of alkyl halides is 2. The molecular weight excluding hydrogens is 306 g/mol. The van der Waals surface area contributed by atoms with E-state index in [0.29, 0.717) is 12.3 Å². The molecule has 0 fully saturated rings. The van der Waals surface area contributed by atoms with E-state index in [2.05, 4.69) is 23.8 Å². The summed E-state index contributed by atoms with van der Waals surface area (Å²) in [6.07, 6.45) is 3.99. The normalized spacial score (nSPS) is 15.1. The molecule has 2 aromatic rings. The Kier molecular flexibility index (Phi) is 5.36. The van der Waals surface area contributed by atoms with Gasteiger partial charge >= 0.3 is 0 Å². The van der Waals surface area contributed by atoms with E-state index in [1.54, 1.807) is 12.3 Å². The van der Waals surface area contributed by atoms with Gasteiger partial charge in [0.25, 0.3) is 5.92 Å².